The molecule has 1 fully saturated rings. The second-order valence-electron chi connectivity index (χ2n) is 4.23. The minimum atomic E-state index is 0.484. The van der Waals surface area contributed by atoms with Gasteiger partial charge < -0.3 is 0 Å². The fourth-order valence-electron chi connectivity index (χ4n) is 2.64. The molecule has 13 heavy (non-hydrogen) atoms. The quantitative estimate of drug-likeness (QED) is 0.443. The Bertz CT molecular complexity index is 258. The molecule has 0 aromatic rings. The minimum Gasteiger partial charge on any atom is -0.234 e. The predicted molar refractivity (Wildman–Crippen MR) is 53.0 cm³/mol. The lowest BCUT2D eigenvalue weighted by molar-refractivity contribution is 0.359. The van der Waals surface area contributed by atoms with Crippen molar-refractivity contribution in [2.45, 2.75) is 38.5 Å². The highest BCUT2D eigenvalue weighted by atomic mass is 16.1. The van der Waals surface area contributed by atoms with E-state index in [-0.39, 0.29) is 0 Å². The Morgan fingerprint density at radius 3 is 3.15 bits per heavy atom. The van der Waals surface area contributed by atoms with E-state index in [9.17, 15) is 4.79 Å². The van der Waals surface area contributed by atoms with Gasteiger partial charge in [0.15, 0.2) is 0 Å². The zero-order chi connectivity index (χ0) is 9.10. The molecule has 0 spiro atoms. The molecule has 1 saturated carbocycles. The van der Waals surface area contributed by atoms with Crippen molar-refractivity contribution < 1.29 is 4.79 Å². The van der Waals surface area contributed by atoms with Crippen LogP contribution in [0.4, 0.5) is 0 Å². The maximum atomic E-state index is 10.2. The van der Waals surface area contributed by atoms with Gasteiger partial charge in [-0.3, -0.25) is 0 Å². The predicted octanol–water partition coefficient (Wildman–Crippen LogP) is 2.90. The van der Waals surface area contributed by atoms with E-state index < -0.39 is 0 Å². The Morgan fingerprint density at radius 2 is 2.31 bits per heavy atom. The first kappa shape index (κ1) is 8.77. The van der Waals surface area contributed by atoms with Crippen LogP contribution in [-0.4, -0.2) is 5.94 Å². The number of fused-ring (bicyclic) bond motifs is 1. The first-order valence-corrected chi connectivity index (χ1v) is 5.30. The van der Waals surface area contributed by atoms with E-state index >= 15 is 0 Å². The molecular formula is C12H16O. The van der Waals surface area contributed by atoms with Gasteiger partial charge in [0.05, 0.1) is 0 Å². The van der Waals surface area contributed by atoms with Crippen LogP contribution in [0.25, 0.3) is 0 Å². The molecule has 1 heteroatoms. The molecule has 0 saturated heterocycles. The highest BCUT2D eigenvalue weighted by Gasteiger charge is 2.25. The topological polar surface area (TPSA) is 17.1 Å². The molecule has 70 valence electrons. The lowest BCUT2D eigenvalue weighted by atomic mass is 9.73. The first-order chi connectivity index (χ1) is 6.40. The van der Waals surface area contributed by atoms with E-state index in [0.717, 1.165) is 12.3 Å². The zero-order valence-corrected chi connectivity index (χ0v) is 7.96. The largest absolute Gasteiger partial charge is 0.234 e. The van der Waals surface area contributed by atoms with Crippen molar-refractivity contribution in [1.29, 1.82) is 0 Å². The Morgan fingerprint density at radius 1 is 1.38 bits per heavy atom. The summed E-state index contributed by atoms with van der Waals surface area (Å²) in [6.45, 7) is 0. The zero-order valence-electron chi connectivity index (χ0n) is 7.96. The molecule has 2 aliphatic carbocycles. The Hall–Kier alpha value is -0.810. The molecule has 0 heterocycles. The van der Waals surface area contributed by atoms with Gasteiger partial charge in [-0.15, -0.1) is 0 Å². The number of allylic oxidation sites excluding steroid dienone is 3. The second-order valence-corrected chi connectivity index (χ2v) is 4.23. The van der Waals surface area contributed by atoms with Crippen LogP contribution >= 0.6 is 0 Å². The van der Waals surface area contributed by atoms with Gasteiger partial charge >= 0.3 is 0 Å². The molecule has 0 N–H and O–H groups in total. The summed E-state index contributed by atoms with van der Waals surface area (Å²) >= 11 is 0. The number of carbonyl (C=O) groups excluding carboxylic acids is 1. The van der Waals surface area contributed by atoms with E-state index in [2.05, 4.69) is 6.08 Å². The highest BCUT2D eigenvalue weighted by molar-refractivity contribution is 5.46. The summed E-state index contributed by atoms with van der Waals surface area (Å²) in [6, 6.07) is 0. The molecule has 0 aliphatic heterocycles. The van der Waals surface area contributed by atoms with Gasteiger partial charge in [0.2, 0.25) is 0 Å². The third kappa shape index (κ3) is 1.92. The van der Waals surface area contributed by atoms with E-state index in [0.29, 0.717) is 5.92 Å². The monoisotopic (exact) mass is 176 g/mol. The van der Waals surface area contributed by atoms with Crippen molar-refractivity contribution in [2.24, 2.45) is 11.8 Å². The third-order valence-electron chi connectivity index (χ3n) is 3.38. The smallest absolute Gasteiger partial charge is 0.120 e. The molecule has 0 aromatic heterocycles. The van der Waals surface area contributed by atoms with Crippen molar-refractivity contribution in [3.05, 3.63) is 17.7 Å². The van der Waals surface area contributed by atoms with E-state index in [1.54, 1.807) is 11.6 Å². The van der Waals surface area contributed by atoms with Crippen LogP contribution in [0.5, 0.6) is 0 Å². The fourth-order valence-corrected chi connectivity index (χ4v) is 2.64. The van der Waals surface area contributed by atoms with Crippen LogP contribution in [0.15, 0.2) is 17.7 Å². The average Bonchev–Trinajstić information content (AvgIpc) is 2.18. The summed E-state index contributed by atoms with van der Waals surface area (Å²) in [5.74, 6) is 3.27. The summed E-state index contributed by atoms with van der Waals surface area (Å²) < 4.78 is 0. The fraction of sp³-hybridized carbons (Fsp3) is 0.667. The Labute approximate surface area is 79.5 Å². The van der Waals surface area contributed by atoms with Crippen molar-refractivity contribution in [2.75, 3.05) is 0 Å². The van der Waals surface area contributed by atoms with Crippen LogP contribution in [0.1, 0.15) is 38.5 Å². The molecule has 2 unspecified atom stereocenters. The van der Waals surface area contributed by atoms with E-state index in [1.165, 1.54) is 32.1 Å². The standard InChI is InChI=1S/C12H16O/c13-8-7-10-5-6-11-3-1-2-4-12(11)9-10/h4,7,10-11H,1-3,5-6,9H2. The van der Waals surface area contributed by atoms with E-state index in [4.69, 9.17) is 0 Å². The summed E-state index contributed by atoms with van der Waals surface area (Å²) in [6.07, 6.45) is 11.7. The average molecular weight is 176 g/mol. The maximum absolute atomic E-state index is 10.2. The molecule has 2 atom stereocenters. The van der Waals surface area contributed by atoms with Crippen LogP contribution in [0.3, 0.4) is 0 Å². The summed E-state index contributed by atoms with van der Waals surface area (Å²) in [7, 11) is 0. The maximum Gasteiger partial charge on any atom is 0.120 e. The van der Waals surface area contributed by atoms with Crippen molar-refractivity contribution in [1.82, 2.24) is 0 Å². The van der Waals surface area contributed by atoms with Gasteiger partial charge in [0, 0.05) is 6.08 Å². The van der Waals surface area contributed by atoms with Gasteiger partial charge in [-0.2, -0.15) is 0 Å². The summed E-state index contributed by atoms with van der Waals surface area (Å²) in [5, 5.41) is 0. The van der Waals surface area contributed by atoms with Gasteiger partial charge in [-0.05, 0) is 50.4 Å². The highest BCUT2D eigenvalue weighted by Crippen LogP contribution is 2.39. The number of rotatable bonds is 1. The van der Waals surface area contributed by atoms with E-state index in [1.807, 2.05) is 5.94 Å². The summed E-state index contributed by atoms with van der Waals surface area (Å²) in [4.78, 5) is 10.2. The minimum absolute atomic E-state index is 0.484. The number of hydrogen-bond acceptors (Lipinski definition) is 1. The molecule has 0 amide bonds. The van der Waals surface area contributed by atoms with Crippen LogP contribution in [-0.2, 0) is 4.79 Å². The first-order valence-electron chi connectivity index (χ1n) is 5.30. The SMILES string of the molecule is O=C=CC1CCC2CCCC=C2C1. The van der Waals surface area contributed by atoms with Crippen LogP contribution in [0.2, 0.25) is 0 Å². The van der Waals surface area contributed by atoms with Gasteiger partial charge in [-0.25, -0.2) is 4.79 Å². The second kappa shape index (κ2) is 3.93. The van der Waals surface area contributed by atoms with Crippen molar-refractivity contribution in [3.63, 3.8) is 0 Å². The van der Waals surface area contributed by atoms with Crippen molar-refractivity contribution >= 4 is 5.94 Å². The lowest BCUT2D eigenvalue weighted by Crippen LogP contribution is -2.18. The van der Waals surface area contributed by atoms with Crippen LogP contribution < -0.4 is 0 Å². The molecule has 1 nitrogen and oxygen atoms in total. The lowest BCUT2D eigenvalue weighted by Gasteiger charge is -2.32. The molecular weight excluding hydrogens is 160 g/mol. The Kier molecular flexibility index (Phi) is 2.65. The van der Waals surface area contributed by atoms with Crippen molar-refractivity contribution in [3.8, 4) is 0 Å². The Balaban J connectivity index is 2.05. The molecule has 2 rings (SSSR count). The van der Waals surface area contributed by atoms with Gasteiger partial charge in [0.1, 0.15) is 5.94 Å². The van der Waals surface area contributed by atoms with Crippen LogP contribution in [0, 0.1) is 11.8 Å². The molecule has 0 radical (unpaired) electrons. The molecule has 2 aliphatic rings. The molecule has 0 aromatic carbocycles. The number of hydrogen-bond donors (Lipinski definition) is 0. The normalized spacial score (nSPS) is 32.8. The van der Waals surface area contributed by atoms with Gasteiger partial charge in [-0.1, -0.05) is 11.6 Å². The molecule has 0 bridgehead atoms. The van der Waals surface area contributed by atoms with Gasteiger partial charge in [0.25, 0.3) is 0 Å². The summed E-state index contributed by atoms with van der Waals surface area (Å²) in [5.41, 5.74) is 1.62. The third-order valence-corrected chi connectivity index (χ3v) is 3.38.